The lowest BCUT2D eigenvalue weighted by atomic mass is 9.88. The van der Waals surface area contributed by atoms with E-state index in [2.05, 4.69) is 10.6 Å². The first-order chi connectivity index (χ1) is 15.5. The molecule has 0 bridgehead atoms. The first-order valence-electron chi connectivity index (χ1n) is 12.0. The number of carbonyl (C=O) groups excluding carboxylic acids is 2. The van der Waals surface area contributed by atoms with Crippen LogP contribution in [-0.4, -0.2) is 43.1 Å². The molecule has 0 atom stereocenters. The second-order valence-electron chi connectivity index (χ2n) is 9.19. The van der Waals surface area contributed by atoms with Gasteiger partial charge in [0.25, 0.3) is 0 Å². The summed E-state index contributed by atoms with van der Waals surface area (Å²) >= 11 is 0. The minimum Gasteiger partial charge on any atom is -0.497 e. The molecule has 2 fully saturated rings. The molecule has 7 heteroatoms. The number of ether oxygens (including phenoxy) is 1. The van der Waals surface area contributed by atoms with E-state index in [0.29, 0.717) is 30.7 Å². The molecule has 0 heterocycles. The molecule has 2 aliphatic rings. The van der Waals surface area contributed by atoms with E-state index in [0.717, 1.165) is 51.4 Å². The Labute approximate surface area is 190 Å². The zero-order chi connectivity index (χ0) is 22.9. The molecular weight excluding hydrogens is 408 g/mol. The molecule has 3 N–H and O–H groups in total. The number of hydrogen-bond acceptors (Lipinski definition) is 4. The van der Waals surface area contributed by atoms with Crippen LogP contribution in [-0.2, 0) is 9.59 Å². The number of amides is 2. The average molecular weight is 445 g/mol. The third kappa shape index (κ3) is 6.47. The summed E-state index contributed by atoms with van der Waals surface area (Å²) in [6, 6.07) is 4.48. The van der Waals surface area contributed by atoms with Gasteiger partial charge in [0.2, 0.25) is 11.8 Å². The van der Waals surface area contributed by atoms with E-state index in [4.69, 9.17) is 4.74 Å². The Morgan fingerprint density at radius 1 is 0.906 bits per heavy atom. The van der Waals surface area contributed by atoms with Crippen molar-refractivity contribution in [3.8, 4) is 5.75 Å². The number of rotatable bonds is 9. The molecule has 3 rings (SSSR count). The van der Waals surface area contributed by atoms with E-state index >= 15 is 0 Å². The number of carbonyl (C=O) groups is 3. The second-order valence-corrected chi connectivity index (χ2v) is 9.19. The van der Waals surface area contributed by atoms with Crippen molar-refractivity contribution < 1.29 is 24.2 Å². The molecule has 1 aromatic rings. The van der Waals surface area contributed by atoms with Crippen LogP contribution in [0.4, 0.5) is 0 Å². The highest BCUT2D eigenvalue weighted by atomic mass is 16.5. The second kappa shape index (κ2) is 11.9. The Morgan fingerprint density at radius 2 is 1.41 bits per heavy atom. The molecule has 0 radical (unpaired) electrons. The molecule has 2 amide bonds. The van der Waals surface area contributed by atoms with Gasteiger partial charge in [0.15, 0.2) is 0 Å². The van der Waals surface area contributed by atoms with Crippen molar-refractivity contribution in [3.05, 3.63) is 29.3 Å². The Kier molecular flexibility index (Phi) is 8.94. The summed E-state index contributed by atoms with van der Waals surface area (Å²) in [6.45, 7) is 1.04. The fraction of sp³-hybridized carbons (Fsp3) is 0.640. The summed E-state index contributed by atoms with van der Waals surface area (Å²) in [6.07, 6.45) is 11.4. The van der Waals surface area contributed by atoms with Crippen molar-refractivity contribution in [2.45, 2.75) is 70.1 Å². The van der Waals surface area contributed by atoms with Crippen molar-refractivity contribution >= 4 is 17.8 Å². The van der Waals surface area contributed by atoms with E-state index < -0.39 is 23.7 Å². The van der Waals surface area contributed by atoms with Gasteiger partial charge in [0, 0.05) is 13.1 Å². The minimum atomic E-state index is -1.21. The Bertz CT molecular complexity index is 764. The first-order valence-corrected chi connectivity index (χ1v) is 12.0. The van der Waals surface area contributed by atoms with Gasteiger partial charge in [-0.25, -0.2) is 4.79 Å². The van der Waals surface area contributed by atoms with E-state index in [1.807, 2.05) is 0 Å². The normalized spacial score (nSPS) is 17.7. The molecule has 32 heavy (non-hydrogen) atoms. The van der Waals surface area contributed by atoms with Crippen LogP contribution >= 0.6 is 0 Å². The molecule has 2 aliphatic carbocycles. The van der Waals surface area contributed by atoms with Crippen molar-refractivity contribution in [1.29, 1.82) is 0 Å². The maximum absolute atomic E-state index is 13.2. The van der Waals surface area contributed by atoms with Crippen LogP contribution in [0.25, 0.3) is 0 Å². The smallest absolute Gasteiger partial charge is 0.336 e. The fourth-order valence-corrected chi connectivity index (χ4v) is 4.98. The van der Waals surface area contributed by atoms with Crippen LogP contribution in [0.15, 0.2) is 18.2 Å². The van der Waals surface area contributed by atoms with Gasteiger partial charge in [-0.1, -0.05) is 44.6 Å². The third-order valence-electron chi connectivity index (χ3n) is 6.91. The number of carboxylic acids is 1. The monoisotopic (exact) mass is 444 g/mol. The van der Waals surface area contributed by atoms with Crippen LogP contribution in [0.2, 0.25) is 0 Å². The van der Waals surface area contributed by atoms with E-state index in [1.54, 1.807) is 6.07 Å². The summed E-state index contributed by atoms with van der Waals surface area (Å²) in [5.74, 6) is -2.09. The summed E-state index contributed by atoms with van der Waals surface area (Å²) < 4.78 is 5.15. The van der Waals surface area contributed by atoms with Gasteiger partial charge >= 0.3 is 5.97 Å². The number of hydrogen-bond donors (Lipinski definition) is 3. The van der Waals surface area contributed by atoms with E-state index in [1.165, 1.54) is 32.1 Å². The minimum absolute atomic E-state index is 0.0880. The quantitative estimate of drug-likeness (QED) is 0.502. The average Bonchev–Trinajstić information content (AvgIpc) is 2.83. The van der Waals surface area contributed by atoms with Gasteiger partial charge < -0.3 is 20.5 Å². The molecule has 0 aliphatic heterocycles. The maximum atomic E-state index is 13.2. The lowest BCUT2D eigenvalue weighted by Crippen LogP contribution is -2.43. The number of nitrogens with one attached hydrogen (secondary N) is 2. The summed E-state index contributed by atoms with van der Waals surface area (Å²) in [5.41, 5.74) is 0.107. The molecule has 1 aromatic carbocycles. The van der Waals surface area contributed by atoms with Gasteiger partial charge in [-0.2, -0.15) is 0 Å². The number of methoxy groups -OCH3 is 1. The molecule has 176 valence electrons. The summed E-state index contributed by atoms with van der Waals surface area (Å²) in [4.78, 5) is 38.4. The van der Waals surface area contributed by atoms with Gasteiger partial charge in [0.1, 0.15) is 11.7 Å². The summed E-state index contributed by atoms with van der Waals surface area (Å²) in [5, 5.41) is 15.6. The Hall–Kier alpha value is -2.57. The first kappa shape index (κ1) is 24.1. The van der Waals surface area contributed by atoms with Crippen molar-refractivity contribution in [2.75, 3.05) is 20.2 Å². The van der Waals surface area contributed by atoms with Gasteiger partial charge in [-0.15, -0.1) is 0 Å². The zero-order valence-electron chi connectivity index (χ0n) is 19.0. The SMILES string of the molecule is COc1ccc(C(C(=O)NCC2CCCCC2)C(=O)NCC2CCCCC2)c(C(=O)O)c1. The molecule has 2 saturated carbocycles. The number of carboxylic acid groups (broad SMARTS) is 1. The standard InChI is InChI=1S/C25H36N2O5/c1-32-19-12-13-20(21(14-19)25(30)31)22(23(28)26-15-17-8-4-2-5-9-17)24(29)27-16-18-10-6-3-7-11-18/h12-14,17-18,22H,2-11,15-16H2,1H3,(H,26,28)(H,27,29)(H,30,31). The largest absolute Gasteiger partial charge is 0.497 e. The molecular formula is C25H36N2O5. The van der Waals surface area contributed by atoms with Crippen molar-refractivity contribution in [1.82, 2.24) is 10.6 Å². The van der Waals surface area contributed by atoms with Crippen molar-refractivity contribution in [2.24, 2.45) is 11.8 Å². The maximum Gasteiger partial charge on any atom is 0.336 e. The van der Waals surface area contributed by atoms with Crippen LogP contribution in [0, 0.1) is 11.8 Å². The lowest BCUT2D eigenvalue weighted by Gasteiger charge is -2.25. The van der Waals surface area contributed by atoms with E-state index in [9.17, 15) is 19.5 Å². The predicted octanol–water partition coefficient (Wildman–Crippen LogP) is 3.87. The topological polar surface area (TPSA) is 105 Å². The zero-order valence-corrected chi connectivity index (χ0v) is 19.0. The summed E-state index contributed by atoms with van der Waals surface area (Å²) in [7, 11) is 1.45. The molecule has 7 nitrogen and oxygen atoms in total. The van der Waals surface area contributed by atoms with E-state index in [-0.39, 0.29) is 11.1 Å². The van der Waals surface area contributed by atoms with Crippen LogP contribution in [0.3, 0.4) is 0 Å². The van der Waals surface area contributed by atoms with Crippen LogP contribution in [0.1, 0.15) is 86.0 Å². The van der Waals surface area contributed by atoms with Crippen LogP contribution < -0.4 is 15.4 Å². The molecule has 0 aromatic heterocycles. The predicted molar refractivity (Wildman–Crippen MR) is 122 cm³/mol. The van der Waals surface area contributed by atoms with Gasteiger partial charge in [-0.3, -0.25) is 9.59 Å². The fourth-order valence-electron chi connectivity index (χ4n) is 4.98. The number of benzene rings is 1. The highest BCUT2D eigenvalue weighted by Crippen LogP contribution is 2.28. The highest BCUT2D eigenvalue weighted by Gasteiger charge is 2.33. The Balaban J connectivity index is 1.78. The van der Waals surface area contributed by atoms with Crippen LogP contribution in [0.5, 0.6) is 5.75 Å². The third-order valence-corrected chi connectivity index (χ3v) is 6.91. The molecule has 0 spiro atoms. The molecule has 0 unspecified atom stereocenters. The number of aromatic carboxylic acids is 1. The van der Waals surface area contributed by atoms with Crippen molar-refractivity contribution in [3.63, 3.8) is 0 Å². The van der Waals surface area contributed by atoms with Gasteiger partial charge in [-0.05, 0) is 55.2 Å². The highest BCUT2D eigenvalue weighted by molar-refractivity contribution is 6.08. The lowest BCUT2D eigenvalue weighted by molar-refractivity contribution is -0.131. The van der Waals surface area contributed by atoms with Gasteiger partial charge in [0.05, 0.1) is 12.7 Å². The molecule has 0 saturated heterocycles. The Morgan fingerprint density at radius 3 is 1.84 bits per heavy atom.